The van der Waals surface area contributed by atoms with E-state index < -0.39 is 17.6 Å². The van der Waals surface area contributed by atoms with Gasteiger partial charge in [0.25, 0.3) is 0 Å². The third-order valence-electron chi connectivity index (χ3n) is 5.33. The first-order chi connectivity index (χ1) is 15.7. The van der Waals surface area contributed by atoms with Gasteiger partial charge in [-0.3, -0.25) is 4.79 Å². The maximum Gasteiger partial charge on any atom is 0.417 e. The monoisotopic (exact) mass is 482 g/mol. The van der Waals surface area contributed by atoms with E-state index in [0.29, 0.717) is 43.4 Å². The molecule has 33 heavy (non-hydrogen) atoms. The number of rotatable bonds is 5. The van der Waals surface area contributed by atoms with Crippen molar-refractivity contribution in [3.63, 3.8) is 0 Å². The van der Waals surface area contributed by atoms with Crippen LogP contribution in [0.5, 0.6) is 0 Å². The van der Waals surface area contributed by atoms with Gasteiger partial charge in [-0.15, -0.1) is 0 Å². The van der Waals surface area contributed by atoms with Gasteiger partial charge < -0.3 is 14.2 Å². The van der Waals surface area contributed by atoms with Crippen molar-refractivity contribution in [1.29, 1.82) is 0 Å². The van der Waals surface area contributed by atoms with Gasteiger partial charge >= 0.3 is 6.18 Å². The Balaban J connectivity index is 1.30. The average Bonchev–Trinajstić information content (AvgIpc) is 3.26. The molecule has 0 N–H and O–H groups in total. The van der Waals surface area contributed by atoms with E-state index >= 15 is 0 Å². The van der Waals surface area contributed by atoms with Gasteiger partial charge in [0.1, 0.15) is 11.6 Å². The Morgan fingerprint density at radius 2 is 1.82 bits per heavy atom. The second-order valence-electron chi connectivity index (χ2n) is 7.49. The molecule has 0 unspecified atom stereocenters. The van der Waals surface area contributed by atoms with Crippen LogP contribution in [0.2, 0.25) is 5.02 Å². The molecule has 1 aromatic carbocycles. The van der Waals surface area contributed by atoms with E-state index in [0.717, 1.165) is 12.3 Å². The quantitative estimate of drug-likeness (QED) is 0.487. The Hall–Kier alpha value is -3.14. The van der Waals surface area contributed by atoms with Crippen molar-refractivity contribution in [2.24, 2.45) is 0 Å². The van der Waals surface area contributed by atoms with E-state index in [1.807, 2.05) is 0 Å². The van der Waals surface area contributed by atoms with Gasteiger partial charge in [0.2, 0.25) is 5.91 Å². The number of piperazine rings is 1. The summed E-state index contributed by atoms with van der Waals surface area (Å²) in [4.78, 5) is 24.0. The van der Waals surface area contributed by atoms with Gasteiger partial charge in [0.15, 0.2) is 11.7 Å². The van der Waals surface area contributed by atoms with Crippen molar-refractivity contribution in [3.8, 4) is 11.3 Å². The largest absolute Gasteiger partial charge is 0.441 e. The Kier molecular flexibility index (Phi) is 6.55. The second-order valence-corrected chi connectivity index (χ2v) is 7.90. The molecule has 4 rings (SSSR count). The third kappa shape index (κ3) is 5.27. The number of carbonyl (C=O) groups is 1. The molecule has 11 heteroatoms. The van der Waals surface area contributed by atoms with Crippen LogP contribution < -0.4 is 4.90 Å². The summed E-state index contributed by atoms with van der Waals surface area (Å²) in [5.74, 6) is 0.367. The zero-order valence-corrected chi connectivity index (χ0v) is 18.0. The second kappa shape index (κ2) is 9.38. The van der Waals surface area contributed by atoms with Gasteiger partial charge in [-0.1, -0.05) is 23.7 Å². The van der Waals surface area contributed by atoms with Crippen LogP contribution in [0.15, 0.2) is 47.1 Å². The zero-order valence-electron chi connectivity index (χ0n) is 17.3. The lowest BCUT2D eigenvalue weighted by Crippen LogP contribution is -2.49. The fraction of sp³-hybridized carbons (Fsp3) is 0.318. The van der Waals surface area contributed by atoms with E-state index in [-0.39, 0.29) is 29.6 Å². The van der Waals surface area contributed by atoms with Gasteiger partial charge in [-0.25, -0.2) is 14.4 Å². The first kappa shape index (κ1) is 23.0. The lowest BCUT2D eigenvalue weighted by atomic mass is 10.2. The number of oxazole rings is 1. The highest BCUT2D eigenvalue weighted by molar-refractivity contribution is 6.33. The summed E-state index contributed by atoms with van der Waals surface area (Å²) >= 11 is 6.02. The molecule has 1 saturated heterocycles. The normalized spacial score (nSPS) is 14.6. The molecular weight excluding hydrogens is 464 g/mol. The van der Waals surface area contributed by atoms with Gasteiger partial charge in [-0.05, 0) is 18.2 Å². The van der Waals surface area contributed by atoms with Crippen LogP contribution in [0.4, 0.5) is 23.4 Å². The Morgan fingerprint density at radius 1 is 1.09 bits per heavy atom. The number of aryl methyl sites for hydroxylation is 1. The Bertz CT molecular complexity index is 1140. The smallest absolute Gasteiger partial charge is 0.417 e. The van der Waals surface area contributed by atoms with Crippen LogP contribution in [-0.4, -0.2) is 47.0 Å². The number of amides is 1. The van der Waals surface area contributed by atoms with Crippen LogP contribution in [0.25, 0.3) is 11.3 Å². The first-order valence-corrected chi connectivity index (χ1v) is 10.6. The van der Waals surface area contributed by atoms with Crippen molar-refractivity contribution in [1.82, 2.24) is 14.9 Å². The minimum absolute atomic E-state index is 0.0841. The summed E-state index contributed by atoms with van der Waals surface area (Å²) in [5.41, 5.74) is -0.607. The number of hydrogen-bond acceptors (Lipinski definition) is 5. The Labute approximate surface area is 191 Å². The molecule has 6 nitrogen and oxygen atoms in total. The molecular formula is C22H19ClF4N4O2. The van der Waals surface area contributed by atoms with Gasteiger partial charge in [0.05, 0.1) is 22.3 Å². The molecule has 0 radical (unpaired) electrons. The number of carbonyl (C=O) groups excluding carboxylic acids is 1. The number of benzene rings is 1. The van der Waals surface area contributed by atoms with E-state index in [4.69, 9.17) is 16.0 Å². The minimum atomic E-state index is -4.51. The highest BCUT2D eigenvalue weighted by atomic mass is 35.5. The predicted molar refractivity (Wildman–Crippen MR) is 113 cm³/mol. The number of anilines is 1. The summed E-state index contributed by atoms with van der Waals surface area (Å²) in [6.45, 7) is 1.54. The van der Waals surface area contributed by atoms with Gasteiger partial charge in [0, 0.05) is 45.2 Å². The zero-order chi connectivity index (χ0) is 23.6. The van der Waals surface area contributed by atoms with E-state index in [2.05, 4.69) is 9.97 Å². The van der Waals surface area contributed by atoms with Crippen molar-refractivity contribution in [2.45, 2.75) is 19.0 Å². The molecule has 1 aliphatic rings. The maximum absolute atomic E-state index is 13.9. The summed E-state index contributed by atoms with van der Waals surface area (Å²) in [6, 6.07) is 7.04. The average molecular weight is 483 g/mol. The summed E-state index contributed by atoms with van der Waals surface area (Å²) in [6.07, 6.45) is -1.90. The lowest BCUT2D eigenvalue weighted by molar-refractivity contribution is -0.137. The first-order valence-electron chi connectivity index (χ1n) is 10.2. The Morgan fingerprint density at radius 3 is 2.48 bits per heavy atom. The van der Waals surface area contributed by atoms with Crippen LogP contribution in [0.3, 0.4) is 0 Å². The number of pyridine rings is 1. The SMILES string of the molecule is O=C(CCc1ncc(-c2ccccc2F)o1)N1CCN(c2ncc(C(F)(F)F)cc2Cl)CC1. The van der Waals surface area contributed by atoms with Crippen molar-refractivity contribution < 1.29 is 26.8 Å². The van der Waals surface area contributed by atoms with Crippen LogP contribution in [0, 0.1) is 5.82 Å². The minimum Gasteiger partial charge on any atom is -0.441 e. The predicted octanol–water partition coefficient (Wildman–Crippen LogP) is 4.83. The number of hydrogen-bond donors (Lipinski definition) is 0. The summed E-state index contributed by atoms with van der Waals surface area (Å²) in [7, 11) is 0. The molecule has 0 bridgehead atoms. The van der Waals surface area contributed by atoms with Crippen molar-refractivity contribution in [3.05, 3.63) is 65.0 Å². The molecule has 174 valence electrons. The number of alkyl halides is 3. The van der Waals surface area contributed by atoms with E-state index in [1.54, 1.807) is 28.0 Å². The molecule has 1 amide bonds. The molecule has 0 aliphatic carbocycles. The van der Waals surface area contributed by atoms with Crippen molar-refractivity contribution in [2.75, 3.05) is 31.1 Å². The van der Waals surface area contributed by atoms with Crippen molar-refractivity contribution >= 4 is 23.3 Å². The molecule has 1 fully saturated rings. The molecule has 3 aromatic rings. The molecule has 0 atom stereocenters. The maximum atomic E-state index is 13.9. The standard InChI is InChI=1S/C22H19ClF4N4O2/c23-16-11-14(22(25,26)27)12-29-21(16)31-9-7-30(8-10-31)20(32)6-5-19-28-13-18(33-19)15-3-1-2-4-17(15)24/h1-4,11-13H,5-10H2. The molecule has 0 saturated carbocycles. The highest BCUT2D eigenvalue weighted by Crippen LogP contribution is 2.33. The number of nitrogens with zero attached hydrogens (tertiary/aromatic N) is 4. The third-order valence-corrected chi connectivity index (χ3v) is 5.60. The highest BCUT2D eigenvalue weighted by Gasteiger charge is 2.32. The lowest BCUT2D eigenvalue weighted by Gasteiger charge is -2.35. The van der Waals surface area contributed by atoms with Crippen LogP contribution in [0.1, 0.15) is 17.9 Å². The number of aromatic nitrogens is 2. The van der Waals surface area contributed by atoms with Crippen LogP contribution >= 0.6 is 11.6 Å². The molecule has 2 aromatic heterocycles. The molecule has 0 spiro atoms. The fourth-order valence-corrected chi connectivity index (χ4v) is 3.86. The van der Waals surface area contributed by atoms with E-state index in [1.165, 1.54) is 12.3 Å². The van der Waals surface area contributed by atoms with Crippen LogP contribution in [-0.2, 0) is 17.4 Å². The molecule has 1 aliphatic heterocycles. The summed E-state index contributed by atoms with van der Waals surface area (Å²) < 4.78 is 57.8. The topological polar surface area (TPSA) is 62.5 Å². The van der Waals surface area contributed by atoms with Gasteiger partial charge in [-0.2, -0.15) is 13.2 Å². The number of halogens is 5. The summed E-state index contributed by atoms with van der Waals surface area (Å²) in [5, 5.41) is -0.0841. The molecule has 3 heterocycles. The van der Waals surface area contributed by atoms with E-state index in [9.17, 15) is 22.4 Å². The fourth-order valence-electron chi connectivity index (χ4n) is 3.57.